The third-order valence-electron chi connectivity index (χ3n) is 2.73. The molecule has 1 aromatic rings. The first-order valence-electron chi connectivity index (χ1n) is 5.94. The topological polar surface area (TPSA) is 26.3 Å². The molecule has 0 fully saturated rings. The quantitative estimate of drug-likeness (QED) is 0.737. The van der Waals surface area contributed by atoms with Crippen LogP contribution in [0, 0.1) is 0 Å². The monoisotopic (exact) mass is 228 g/mol. The second-order valence-electron chi connectivity index (χ2n) is 4.04. The van der Waals surface area contributed by atoms with Crippen LogP contribution in [0.3, 0.4) is 0 Å². The van der Waals surface area contributed by atoms with Gasteiger partial charge >= 0.3 is 5.97 Å². The number of hydrogen-bond acceptors (Lipinski definition) is 2. The first-order chi connectivity index (χ1) is 8.36. The van der Waals surface area contributed by atoms with Crippen LogP contribution in [0.4, 0.5) is 0 Å². The lowest BCUT2D eigenvalue weighted by Crippen LogP contribution is -2.04. The normalized spacial score (nSPS) is 14.9. The van der Waals surface area contributed by atoms with E-state index in [1.54, 1.807) is 12.1 Å². The maximum atomic E-state index is 11.6. The van der Waals surface area contributed by atoms with Gasteiger partial charge in [0, 0.05) is 0 Å². The zero-order valence-electron chi connectivity index (χ0n) is 9.76. The van der Waals surface area contributed by atoms with Gasteiger partial charge in [-0.15, -0.1) is 0 Å². The van der Waals surface area contributed by atoms with Gasteiger partial charge in [0.15, 0.2) is 0 Å². The molecule has 0 bridgehead atoms. The minimum absolute atomic E-state index is 0.268. The van der Waals surface area contributed by atoms with E-state index < -0.39 is 0 Å². The molecule has 2 nitrogen and oxygen atoms in total. The first kappa shape index (κ1) is 11.6. The average molecular weight is 228 g/mol. The highest BCUT2D eigenvalue weighted by molar-refractivity contribution is 5.89. The summed E-state index contributed by atoms with van der Waals surface area (Å²) in [7, 11) is 0. The van der Waals surface area contributed by atoms with Crippen molar-refractivity contribution in [3.05, 3.63) is 59.7 Å². The summed E-state index contributed by atoms with van der Waals surface area (Å²) in [6.07, 6.45) is 9.73. The Morgan fingerprint density at radius 3 is 2.82 bits per heavy atom. The maximum absolute atomic E-state index is 11.6. The van der Waals surface area contributed by atoms with Crippen LogP contribution in [-0.4, -0.2) is 12.6 Å². The van der Waals surface area contributed by atoms with Gasteiger partial charge in [0.05, 0.1) is 5.56 Å². The molecule has 0 heterocycles. The zero-order valence-corrected chi connectivity index (χ0v) is 9.76. The van der Waals surface area contributed by atoms with E-state index in [0.29, 0.717) is 12.2 Å². The molecule has 0 unspecified atom stereocenters. The molecule has 0 saturated carbocycles. The fourth-order valence-electron chi connectivity index (χ4n) is 1.83. The summed E-state index contributed by atoms with van der Waals surface area (Å²) in [5.74, 6) is -0.268. The van der Waals surface area contributed by atoms with Crippen molar-refractivity contribution in [1.29, 1.82) is 0 Å². The number of hydrogen-bond donors (Lipinski definition) is 0. The molecule has 0 radical (unpaired) electrons. The molecule has 1 aliphatic carbocycles. The predicted octanol–water partition coefficient (Wildman–Crippen LogP) is 3.51. The summed E-state index contributed by atoms with van der Waals surface area (Å²) < 4.78 is 5.13. The van der Waals surface area contributed by atoms with Crippen LogP contribution in [0.15, 0.2) is 54.1 Å². The zero-order chi connectivity index (χ0) is 11.9. The van der Waals surface area contributed by atoms with Crippen molar-refractivity contribution >= 4 is 5.97 Å². The second-order valence-corrected chi connectivity index (χ2v) is 4.04. The Balaban J connectivity index is 1.77. The smallest absolute Gasteiger partial charge is 0.338 e. The van der Waals surface area contributed by atoms with Crippen LogP contribution in [0.5, 0.6) is 0 Å². The Morgan fingerprint density at radius 1 is 1.29 bits per heavy atom. The van der Waals surface area contributed by atoms with Gasteiger partial charge in [-0.25, -0.2) is 4.79 Å². The summed E-state index contributed by atoms with van der Waals surface area (Å²) in [6.45, 7) is 0.338. The molecule has 1 aliphatic rings. The van der Waals surface area contributed by atoms with Crippen molar-refractivity contribution < 1.29 is 9.53 Å². The van der Waals surface area contributed by atoms with Crippen LogP contribution in [0.1, 0.15) is 29.6 Å². The lowest BCUT2D eigenvalue weighted by atomic mass is 10.2. The minimum Gasteiger partial charge on any atom is -0.458 e. The van der Waals surface area contributed by atoms with Crippen LogP contribution in [0.25, 0.3) is 0 Å². The van der Waals surface area contributed by atoms with E-state index in [4.69, 9.17) is 4.74 Å². The maximum Gasteiger partial charge on any atom is 0.338 e. The fraction of sp³-hybridized carbons (Fsp3) is 0.267. The van der Waals surface area contributed by atoms with E-state index in [2.05, 4.69) is 6.08 Å². The van der Waals surface area contributed by atoms with Crippen LogP contribution in [0.2, 0.25) is 0 Å². The molecular formula is C15H16O2. The lowest BCUT2D eigenvalue weighted by Gasteiger charge is -2.01. The number of carbonyl (C=O) groups excluding carboxylic acids is 1. The molecule has 0 spiro atoms. The average Bonchev–Trinajstić information content (AvgIpc) is 2.88. The van der Waals surface area contributed by atoms with Crippen molar-refractivity contribution in [2.24, 2.45) is 0 Å². The highest BCUT2D eigenvalue weighted by atomic mass is 16.5. The SMILES string of the molecule is O=C(OC/C=C/C1=CCCC1)c1ccccc1. The van der Waals surface area contributed by atoms with Crippen LogP contribution >= 0.6 is 0 Å². The van der Waals surface area contributed by atoms with E-state index in [-0.39, 0.29) is 5.97 Å². The summed E-state index contributed by atoms with van der Waals surface area (Å²) in [6, 6.07) is 9.05. The van der Waals surface area contributed by atoms with Gasteiger partial charge in [0.2, 0.25) is 0 Å². The Hall–Kier alpha value is -1.83. The third kappa shape index (κ3) is 3.59. The van der Waals surface area contributed by atoms with Crippen molar-refractivity contribution in [2.75, 3.05) is 6.61 Å². The van der Waals surface area contributed by atoms with E-state index in [9.17, 15) is 4.79 Å². The molecule has 0 amide bonds. The van der Waals surface area contributed by atoms with Gasteiger partial charge in [-0.2, -0.15) is 0 Å². The van der Waals surface area contributed by atoms with Crippen LogP contribution in [-0.2, 0) is 4.74 Å². The Kier molecular flexibility index (Phi) is 4.14. The molecule has 2 rings (SSSR count). The third-order valence-corrected chi connectivity index (χ3v) is 2.73. The van der Waals surface area contributed by atoms with Gasteiger partial charge in [0.25, 0.3) is 0 Å². The van der Waals surface area contributed by atoms with Gasteiger partial charge in [0.1, 0.15) is 6.61 Å². The molecule has 2 heteroatoms. The molecule has 0 aromatic heterocycles. The second kappa shape index (κ2) is 6.04. The van der Waals surface area contributed by atoms with Crippen LogP contribution < -0.4 is 0 Å². The molecular weight excluding hydrogens is 212 g/mol. The fourth-order valence-corrected chi connectivity index (χ4v) is 1.83. The van der Waals surface area contributed by atoms with Gasteiger partial charge in [-0.05, 0) is 37.5 Å². The molecule has 88 valence electrons. The van der Waals surface area contributed by atoms with Gasteiger partial charge in [-0.3, -0.25) is 0 Å². The Labute approximate surface area is 102 Å². The number of ether oxygens (including phenoxy) is 1. The van der Waals surface area contributed by atoms with E-state index >= 15 is 0 Å². The van der Waals surface area contributed by atoms with E-state index in [1.807, 2.05) is 30.4 Å². The summed E-state index contributed by atoms with van der Waals surface area (Å²) in [5, 5.41) is 0. The molecule has 0 atom stereocenters. The van der Waals surface area contributed by atoms with Crippen molar-refractivity contribution in [3.8, 4) is 0 Å². The molecule has 1 aromatic carbocycles. The summed E-state index contributed by atoms with van der Waals surface area (Å²) in [4.78, 5) is 11.6. The minimum atomic E-state index is -0.268. The van der Waals surface area contributed by atoms with Crippen molar-refractivity contribution in [2.45, 2.75) is 19.3 Å². The number of carbonyl (C=O) groups is 1. The van der Waals surface area contributed by atoms with Crippen molar-refractivity contribution in [1.82, 2.24) is 0 Å². The molecule has 0 aliphatic heterocycles. The number of rotatable bonds is 4. The standard InChI is InChI=1S/C15H16O2/c16-15(14-10-2-1-3-11-14)17-12-6-9-13-7-4-5-8-13/h1-3,6-7,9-11H,4-5,8,12H2/b9-6+. The van der Waals surface area contributed by atoms with Gasteiger partial charge in [-0.1, -0.05) is 35.9 Å². The Morgan fingerprint density at radius 2 is 2.12 bits per heavy atom. The number of allylic oxidation sites excluding steroid dienone is 3. The first-order valence-corrected chi connectivity index (χ1v) is 5.94. The highest BCUT2D eigenvalue weighted by Gasteiger charge is 2.04. The van der Waals surface area contributed by atoms with E-state index in [0.717, 1.165) is 6.42 Å². The van der Waals surface area contributed by atoms with E-state index in [1.165, 1.54) is 18.4 Å². The number of esters is 1. The largest absolute Gasteiger partial charge is 0.458 e. The highest BCUT2D eigenvalue weighted by Crippen LogP contribution is 2.18. The Bertz CT molecular complexity index is 429. The van der Waals surface area contributed by atoms with Crippen molar-refractivity contribution in [3.63, 3.8) is 0 Å². The molecule has 0 saturated heterocycles. The molecule has 17 heavy (non-hydrogen) atoms. The molecule has 0 N–H and O–H groups in total. The predicted molar refractivity (Wildman–Crippen MR) is 67.8 cm³/mol. The summed E-state index contributed by atoms with van der Waals surface area (Å²) in [5.41, 5.74) is 1.95. The lowest BCUT2D eigenvalue weighted by molar-refractivity contribution is 0.0549. The number of benzene rings is 1. The summed E-state index contributed by atoms with van der Waals surface area (Å²) >= 11 is 0. The van der Waals surface area contributed by atoms with Gasteiger partial charge < -0.3 is 4.74 Å².